The van der Waals surface area contributed by atoms with Gasteiger partial charge < -0.3 is 9.47 Å². The van der Waals surface area contributed by atoms with E-state index in [9.17, 15) is 18.4 Å². The Morgan fingerprint density at radius 1 is 1.15 bits per heavy atom. The minimum absolute atomic E-state index is 0.132. The molecule has 1 N–H and O–H groups in total. The summed E-state index contributed by atoms with van der Waals surface area (Å²) in [7, 11) is 0. The number of aromatic nitrogens is 5. The van der Waals surface area contributed by atoms with Gasteiger partial charge in [0.15, 0.2) is 17.3 Å². The van der Waals surface area contributed by atoms with Gasteiger partial charge in [0, 0.05) is 49.5 Å². The maximum absolute atomic E-state index is 16.0. The number of piperidine rings is 1. The number of ether oxygens (including phenoxy) is 2. The predicted molar refractivity (Wildman–Crippen MR) is 157 cm³/mol. The number of aromatic amines is 1. The van der Waals surface area contributed by atoms with Crippen molar-refractivity contribution in [3.63, 3.8) is 0 Å². The molecule has 3 aromatic heterocycles. The van der Waals surface area contributed by atoms with E-state index in [4.69, 9.17) is 21.1 Å². The van der Waals surface area contributed by atoms with Crippen molar-refractivity contribution in [3.05, 3.63) is 82.2 Å². The lowest BCUT2D eigenvalue weighted by molar-refractivity contribution is -0.144. The summed E-state index contributed by atoms with van der Waals surface area (Å²) in [4.78, 5) is 14.5. The number of hydrogen-bond acceptors (Lipinski definition) is 8. The number of H-pyrrole nitrogens is 1. The summed E-state index contributed by atoms with van der Waals surface area (Å²) in [5.41, 5.74) is 2.39. The number of alkyl halides is 4. The molecule has 1 aromatic carbocycles. The summed E-state index contributed by atoms with van der Waals surface area (Å²) in [6.07, 6.45) is -0.608. The highest BCUT2D eigenvalue weighted by Gasteiger charge is 2.45. The molecule has 7 rings (SSSR count). The Hall–Kier alpha value is -4.28. The average molecular weight is 654 g/mol. The SMILES string of the molecule is C[C@@]1(c2ccc(Cl)cn2)Oc2cccc(C3CCN(Cc4ncc(-c5n[nH]c(C(F)(F)F)n5)cc4CC4(C#N)CC4)C[C@H]3F)c2O1. The third-order valence-corrected chi connectivity index (χ3v) is 9.12. The first kappa shape index (κ1) is 30.4. The van der Waals surface area contributed by atoms with Gasteiger partial charge in [-0.1, -0.05) is 23.7 Å². The van der Waals surface area contributed by atoms with Gasteiger partial charge in [-0.3, -0.25) is 20.0 Å². The number of nitrogens with one attached hydrogen (secondary N) is 1. The van der Waals surface area contributed by atoms with Crippen LogP contribution in [0.5, 0.6) is 11.5 Å². The number of nitriles is 1. The summed E-state index contributed by atoms with van der Waals surface area (Å²) in [5.74, 6) is -1.95. The molecule has 3 atom stereocenters. The highest BCUT2D eigenvalue weighted by molar-refractivity contribution is 6.30. The third kappa shape index (κ3) is 5.76. The number of fused-ring (bicyclic) bond motifs is 1. The van der Waals surface area contributed by atoms with Crippen molar-refractivity contribution in [1.82, 2.24) is 30.0 Å². The Morgan fingerprint density at radius 2 is 1.98 bits per heavy atom. The van der Waals surface area contributed by atoms with Crippen LogP contribution < -0.4 is 9.47 Å². The maximum atomic E-state index is 16.0. The number of rotatable bonds is 7. The lowest BCUT2D eigenvalue weighted by atomic mass is 9.87. The van der Waals surface area contributed by atoms with Gasteiger partial charge in [0.05, 0.1) is 22.2 Å². The minimum atomic E-state index is -4.66. The van der Waals surface area contributed by atoms with Crippen LogP contribution in [-0.4, -0.2) is 49.3 Å². The smallest absolute Gasteiger partial charge is 0.443 e. The van der Waals surface area contributed by atoms with Crippen LogP contribution in [0.1, 0.15) is 60.4 Å². The molecule has 2 fully saturated rings. The third-order valence-electron chi connectivity index (χ3n) is 8.89. The molecule has 0 amide bonds. The Balaban J connectivity index is 1.09. The zero-order valence-electron chi connectivity index (χ0n) is 24.6. The summed E-state index contributed by atoms with van der Waals surface area (Å²) in [5, 5.41) is 15.9. The number of nitrogens with zero attached hydrogens (tertiary/aromatic N) is 6. The maximum Gasteiger partial charge on any atom is 0.451 e. The van der Waals surface area contributed by atoms with Crippen LogP contribution in [0, 0.1) is 16.7 Å². The van der Waals surface area contributed by atoms with Crippen LogP contribution in [0.25, 0.3) is 11.4 Å². The predicted octanol–water partition coefficient (Wildman–Crippen LogP) is 6.75. The molecule has 1 unspecified atom stereocenters. The van der Waals surface area contributed by atoms with Gasteiger partial charge in [0.2, 0.25) is 5.82 Å². The highest BCUT2D eigenvalue weighted by atomic mass is 35.5. The molecule has 0 radical (unpaired) electrons. The topological polar surface area (TPSA) is 113 Å². The van der Waals surface area contributed by atoms with Gasteiger partial charge in [0.25, 0.3) is 5.79 Å². The Morgan fingerprint density at radius 3 is 2.65 bits per heavy atom. The van der Waals surface area contributed by atoms with Crippen LogP contribution in [-0.2, 0) is 24.9 Å². The molecule has 1 saturated heterocycles. The lowest BCUT2D eigenvalue weighted by Gasteiger charge is -2.35. The fourth-order valence-corrected chi connectivity index (χ4v) is 6.29. The fourth-order valence-electron chi connectivity index (χ4n) is 6.18. The number of pyridine rings is 2. The molecule has 46 heavy (non-hydrogen) atoms. The van der Waals surface area contributed by atoms with Gasteiger partial charge in [0.1, 0.15) is 11.9 Å². The van der Waals surface area contributed by atoms with E-state index >= 15 is 4.39 Å². The molecule has 3 aliphatic rings. The summed E-state index contributed by atoms with van der Waals surface area (Å²) < 4.78 is 67.8. The van der Waals surface area contributed by atoms with Crippen LogP contribution in [0.4, 0.5) is 17.6 Å². The van der Waals surface area contributed by atoms with E-state index in [1.54, 1.807) is 31.2 Å². The van der Waals surface area contributed by atoms with Crippen LogP contribution in [0.3, 0.4) is 0 Å². The first-order valence-corrected chi connectivity index (χ1v) is 15.2. The quantitative estimate of drug-likeness (QED) is 0.218. The van der Waals surface area contributed by atoms with E-state index in [1.165, 1.54) is 12.4 Å². The molecule has 9 nitrogen and oxygen atoms in total. The molecular formula is C32H28ClF4N7O2. The second-order valence-corrected chi connectivity index (χ2v) is 12.7. The second kappa shape index (κ2) is 11.2. The lowest BCUT2D eigenvalue weighted by Crippen LogP contribution is -2.40. The Bertz CT molecular complexity index is 1820. The van der Waals surface area contributed by atoms with Gasteiger partial charge in [-0.15, -0.1) is 0 Å². The Labute approximate surface area is 266 Å². The summed E-state index contributed by atoms with van der Waals surface area (Å²) >= 11 is 6.00. The number of para-hydroxylation sites is 1. The molecule has 14 heteroatoms. The van der Waals surface area contributed by atoms with Crippen LogP contribution >= 0.6 is 11.6 Å². The van der Waals surface area contributed by atoms with Gasteiger partial charge >= 0.3 is 6.18 Å². The van der Waals surface area contributed by atoms with E-state index in [2.05, 4.69) is 26.1 Å². The zero-order chi connectivity index (χ0) is 32.3. The van der Waals surface area contributed by atoms with Crippen LogP contribution in [0.15, 0.2) is 48.8 Å². The first-order valence-electron chi connectivity index (χ1n) is 14.8. The van der Waals surface area contributed by atoms with E-state index in [1.807, 2.05) is 22.1 Å². The molecule has 2 aliphatic heterocycles. The van der Waals surface area contributed by atoms with E-state index in [-0.39, 0.29) is 12.4 Å². The van der Waals surface area contributed by atoms with E-state index in [0.29, 0.717) is 65.0 Å². The van der Waals surface area contributed by atoms with Crippen molar-refractivity contribution in [2.45, 2.75) is 63.2 Å². The fraction of sp³-hybridized carbons (Fsp3) is 0.406. The monoisotopic (exact) mass is 653 g/mol. The molecule has 4 aromatic rings. The minimum Gasteiger partial charge on any atom is -0.443 e. The van der Waals surface area contributed by atoms with Crippen molar-refractivity contribution >= 4 is 11.6 Å². The van der Waals surface area contributed by atoms with Crippen LogP contribution in [0.2, 0.25) is 5.02 Å². The van der Waals surface area contributed by atoms with Crippen molar-refractivity contribution in [3.8, 4) is 29.0 Å². The summed E-state index contributed by atoms with van der Waals surface area (Å²) in [6, 6.07) is 13.0. The number of benzene rings is 1. The van der Waals surface area contributed by atoms with Gasteiger partial charge in [-0.25, -0.2) is 9.37 Å². The van der Waals surface area contributed by atoms with Crippen molar-refractivity contribution < 1.29 is 27.0 Å². The van der Waals surface area contributed by atoms with Crippen molar-refractivity contribution in [2.75, 3.05) is 13.1 Å². The largest absolute Gasteiger partial charge is 0.451 e. The van der Waals surface area contributed by atoms with E-state index in [0.717, 1.165) is 18.4 Å². The summed E-state index contributed by atoms with van der Waals surface area (Å²) in [6.45, 7) is 2.77. The number of likely N-dealkylation sites (tertiary alicyclic amines) is 1. The van der Waals surface area contributed by atoms with Gasteiger partial charge in [-0.2, -0.15) is 23.5 Å². The molecule has 0 spiro atoms. The standard InChI is InChI=1S/C32H28ClF4N7O2/c1-30(26-6-5-20(33)14-40-26)45-25-4-2-3-22(27(25)46-30)21-7-10-44(15-23(21)34)16-24-18(12-31(17-38)8-9-31)11-19(13-39-24)28-41-29(43-42-28)32(35,36)37/h2-6,11,13-14,21,23H,7-10,12,15-16H2,1H3,(H,41,42,43)/t21?,23-,30-/m1/s1. The molecular weight excluding hydrogens is 626 g/mol. The highest BCUT2D eigenvalue weighted by Crippen LogP contribution is 2.50. The Kier molecular flexibility index (Phi) is 7.40. The molecule has 5 heterocycles. The van der Waals surface area contributed by atoms with Crippen molar-refractivity contribution in [2.24, 2.45) is 5.41 Å². The number of hydrogen-bond donors (Lipinski definition) is 1. The van der Waals surface area contributed by atoms with Crippen molar-refractivity contribution in [1.29, 1.82) is 5.26 Å². The van der Waals surface area contributed by atoms with Gasteiger partial charge in [-0.05, 0) is 62.1 Å². The average Bonchev–Trinajstić information content (AvgIpc) is 3.42. The zero-order valence-corrected chi connectivity index (χ0v) is 25.4. The normalized spacial score (nSPS) is 23.7. The van der Waals surface area contributed by atoms with E-state index < -0.39 is 35.3 Å². The number of halogens is 5. The molecule has 238 valence electrons. The molecule has 1 saturated carbocycles. The first-order chi connectivity index (χ1) is 22.0. The second-order valence-electron chi connectivity index (χ2n) is 12.2. The molecule has 1 aliphatic carbocycles. The molecule has 0 bridgehead atoms.